The molecule has 3 aromatic rings. The van der Waals surface area contributed by atoms with E-state index in [2.05, 4.69) is 33.5 Å². The van der Waals surface area contributed by atoms with E-state index in [9.17, 15) is 4.79 Å². The summed E-state index contributed by atoms with van der Waals surface area (Å²) in [7, 11) is 0. The molecular weight excluding hydrogens is 334 g/mol. The Morgan fingerprint density at radius 1 is 1.28 bits per heavy atom. The maximum Gasteiger partial charge on any atom is 0.141 e. The zero-order valence-corrected chi connectivity index (χ0v) is 14.6. The van der Waals surface area contributed by atoms with E-state index in [1.165, 1.54) is 0 Å². The van der Waals surface area contributed by atoms with Gasteiger partial charge in [0.15, 0.2) is 0 Å². The van der Waals surface area contributed by atoms with Gasteiger partial charge in [-0.25, -0.2) is 0 Å². The van der Waals surface area contributed by atoms with E-state index < -0.39 is 0 Å². The van der Waals surface area contributed by atoms with Gasteiger partial charge in [-0.3, -0.25) is 14.8 Å². The van der Waals surface area contributed by atoms with Gasteiger partial charge in [-0.15, -0.1) is 11.3 Å². The molecule has 128 valence electrons. The molecule has 1 unspecified atom stereocenters. The third kappa shape index (κ3) is 3.92. The van der Waals surface area contributed by atoms with E-state index in [1.54, 1.807) is 11.3 Å². The summed E-state index contributed by atoms with van der Waals surface area (Å²) in [4.78, 5) is 22.0. The van der Waals surface area contributed by atoms with Crippen molar-refractivity contribution >= 4 is 27.9 Å². The summed E-state index contributed by atoms with van der Waals surface area (Å²) in [5.74, 6) is 0.166. The van der Waals surface area contributed by atoms with Crippen molar-refractivity contribution in [3.8, 4) is 10.4 Å². The smallest absolute Gasteiger partial charge is 0.141 e. The quantitative estimate of drug-likeness (QED) is 0.764. The molecule has 0 spiro atoms. The monoisotopic (exact) mass is 353 g/mol. The maximum absolute atomic E-state index is 12.3. The highest BCUT2D eigenvalue weighted by Gasteiger charge is 2.18. The lowest BCUT2D eigenvalue weighted by Crippen LogP contribution is -2.39. The molecule has 1 fully saturated rings. The Morgan fingerprint density at radius 2 is 2.24 bits per heavy atom. The molecule has 2 aromatic heterocycles. The van der Waals surface area contributed by atoms with Gasteiger partial charge in [-0.05, 0) is 23.1 Å². The molecule has 0 saturated carbocycles. The van der Waals surface area contributed by atoms with E-state index in [-0.39, 0.29) is 11.9 Å². The molecule has 0 aliphatic carbocycles. The number of carbonyl (C=O) groups is 1. The number of nitrogens with zero attached hydrogens (tertiary/aromatic N) is 2. The molecule has 1 aliphatic rings. The number of pyridine rings is 1. The van der Waals surface area contributed by atoms with Crippen LogP contribution in [0.1, 0.15) is 12.1 Å². The number of nitrogens with one attached hydrogen (secondary N) is 1. The molecule has 5 nitrogen and oxygen atoms in total. The van der Waals surface area contributed by atoms with Gasteiger partial charge in [0.25, 0.3) is 0 Å². The minimum absolute atomic E-state index is 0.0142. The van der Waals surface area contributed by atoms with Crippen molar-refractivity contribution in [1.82, 2.24) is 15.3 Å². The van der Waals surface area contributed by atoms with Crippen LogP contribution in [0, 0.1) is 0 Å². The molecule has 0 radical (unpaired) electrons. The van der Waals surface area contributed by atoms with Gasteiger partial charge in [0, 0.05) is 49.4 Å². The molecule has 1 saturated heterocycles. The average molecular weight is 353 g/mol. The second kappa shape index (κ2) is 7.39. The summed E-state index contributed by atoms with van der Waals surface area (Å²) < 4.78 is 5.61. The molecule has 1 aromatic carbocycles. The molecule has 1 N–H and O–H groups in total. The Labute approximate surface area is 150 Å². The van der Waals surface area contributed by atoms with Gasteiger partial charge in [0.05, 0.1) is 23.1 Å². The average Bonchev–Trinajstić information content (AvgIpc) is 3.16. The Hall–Kier alpha value is -2.15. The predicted molar refractivity (Wildman–Crippen MR) is 98.8 cm³/mol. The highest BCUT2D eigenvalue weighted by Crippen LogP contribution is 2.27. The fourth-order valence-corrected chi connectivity index (χ4v) is 3.69. The summed E-state index contributed by atoms with van der Waals surface area (Å²) in [6.45, 7) is 2.28. The lowest BCUT2D eigenvalue weighted by molar-refractivity contribution is -0.121. The second-order valence-corrected chi connectivity index (χ2v) is 7.11. The van der Waals surface area contributed by atoms with Crippen molar-refractivity contribution < 1.29 is 9.53 Å². The molecular formula is C19H19N3O2S. The summed E-state index contributed by atoms with van der Waals surface area (Å²) in [6.07, 6.45) is 4.48. The third-order valence-corrected chi connectivity index (χ3v) is 5.16. The molecule has 6 heteroatoms. The van der Waals surface area contributed by atoms with Crippen molar-refractivity contribution in [2.75, 3.05) is 19.7 Å². The second-order valence-electron chi connectivity index (χ2n) is 6.22. The van der Waals surface area contributed by atoms with E-state index in [0.29, 0.717) is 19.4 Å². The van der Waals surface area contributed by atoms with Crippen molar-refractivity contribution in [3.63, 3.8) is 0 Å². The minimum Gasteiger partial charge on any atom is -0.375 e. The van der Waals surface area contributed by atoms with Crippen LogP contribution in [0.25, 0.3) is 21.2 Å². The van der Waals surface area contributed by atoms with Gasteiger partial charge in [0.1, 0.15) is 5.78 Å². The molecule has 1 atom stereocenters. The fourth-order valence-electron chi connectivity index (χ4n) is 3.07. The normalized spacial score (nSPS) is 17.7. The predicted octanol–water partition coefficient (Wildman–Crippen LogP) is 2.85. The third-order valence-electron chi connectivity index (χ3n) is 4.33. The highest BCUT2D eigenvalue weighted by molar-refractivity contribution is 7.13. The Bertz CT molecular complexity index is 874. The van der Waals surface area contributed by atoms with Crippen molar-refractivity contribution in [2.24, 2.45) is 0 Å². The first kappa shape index (κ1) is 16.3. The number of carbonyl (C=O) groups excluding carboxylic acids is 1. The number of aromatic nitrogens is 2. The zero-order valence-electron chi connectivity index (χ0n) is 13.8. The van der Waals surface area contributed by atoms with Crippen LogP contribution in [0.5, 0.6) is 0 Å². The van der Waals surface area contributed by atoms with Crippen LogP contribution in [-0.2, 0) is 16.0 Å². The molecule has 3 heterocycles. The topological polar surface area (TPSA) is 64.1 Å². The van der Waals surface area contributed by atoms with Crippen LogP contribution in [0.15, 0.2) is 42.2 Å². The van der Waals surface area contributed by atoms with Crippen molar-refractivity contribution in [1.29, 1.82) is 0 Å². The van der Waals surface area contributed by atoms with Crippen LogP contribution in [0.2, 0.25) is 0 Å². The number of rotatable bonds is 5. The molecule has 4 rings (SSSR count). The van der Waals surface area contributed by atoms with Crippen LogP contribution >= 0.6 is 11.3 Å². The Morgan fingerprint density at radius 3 is 3.04 bits per heavy atom. The SMILES string of the molecule is O=C(Cc1cc2cc(-c3cncs3)ccc2cn1)CC1CNCCO1. The zero-order chi connectivity index (χ0) is 17.1. The van der Waals surface area contributed by atoms with Crippen LogP contribution in [0.3, 0.4) is 0 Å². The summed E-state index contributed by atoms with van der Waals surface area (Å²) >= 11 is 1.62. The number of fused-ring (bicyclic) bond motifs is 1. The van der Waals surface area contributed by atoms with Gasteiger partial charge in [0.2, 0.25) is 0 Å². The number of hydrogen-bond acceptors (Lipinski definition) is 6. The lowest BCUT2D eigenvalue weighted by Gasteiger charge is -2.22. The largest absolute Gasteiger partial charge is 0.375 e. The van der Waals surface area contributed by atoms with Crippen molar-refractivity contribution in [3.05, 3.63) is 47.9 Å². The number of morpholine rings is 1. The standard InChI is InChI=1S/C19H19N3O2S/c23-17(8-18-10-20-3-4-24-18)7-16-6-15-5-13(19-11-21-12-25-19)1-2-14(15)9-22-16/h1-2,5-6,9,11-12,18,20H,3-4,7-8,10H2. The number of Topliss-reactive ketones (excluding diaryl/α,β-unsaturated/α-hetero) is 1. The van der Waals surface area contributed by atoms with Gasteiger partial charge < -0.3 is 10.1 Å². The number of thiazole rings is 1. The van der Waals surface area contributed by atoms with E-state index in [1.807, 2.05) is 24.0 Å². The van der Waals surface area contributed by atoms with E-state index in [4.69, 9.17) is 4.74 Å². The lowest BCUT2D eigenvalue weighted by atomic mass is 10.0. The minimum atomic E-state index is -0.0142. The van der Waals surface area contributed by atoms with Crippen molar-refractivity contribution in [2.45, 2.75) is 18.9 Å². The molecule has 1 aliphatic heterocycles. The van der Waals surface area contributed by atoms with Gasteiger partial charge in [-0.1, -0.05) is 12.1 Å². The number of benzene rings is 1. The van der Waals surface area contributed by atoms with Crippen LogP contribution in [0.4, 0.5) is 0 Å². The first-order valence-electron chi connectivity index (χ1n) is 8.39. The number of hydrogen-bond donors (Lipinski definition) is 1. The first-order chi connectivity index (χ1) is 12.3. The van der Waals surface area contributed by atoms with Crippen LogP contribution < -0.4 is 5.32 Å². The van der Waals surface area contributed by atoms with E-state index in [0.717, 1.165) is 40.0 Å². The summed E-state index contributed by atoms with van der Waals surface area (Å²) in [6, 6.07) is 8.28. The maximum atomic E-state index is 12.3. The number of ether oxygens (including phenoxy) is 1. The van der Waals surface area contributed by atoms with Gasteiger partial charge in [-0.2, -0.15) is 0 Å². The van der Waals surface area contributed by atoms with E-state index >= 15 is 0 Å². The molecule has 0 bridgehead atoms. The fraction of sp³-hybridized carbons (Fsp3) is 0.316. The highest BCUT2D eigenvalue weighted by atomic mass is 32.1. The number of ketones is 1. The Kier molecular flexibility index (Phi) is 4.83. The Balaban J connectivity index is 1.50. The first-order valence-corrected chi connectivity index (χ1v) is 9.27. The molecule has 0 amide bonds. The summed E-state index contributed by atoms with van der Waals surface area (Å²) in [5.41, 5.74) is 3.78. The molecule has 25 heavy (non-hydrogen) atoms. The van der Waals surface area contributed by atoms with Crippen LogP contribution in [-0.4, -0.2) is 41.6 Å². The van der Waals surface area contributed by atoms with Gasteiger partial charge >= 0.3 is 0 Å². The summed E-state index contributed by atoms with van der Waals surface area (Å²) in [5, 5.41) is 5.42.